The summed E-state index contributed by atoms with van der Waals surface area (Å²) < 4.78 is 9.32. The summed E-state index contributed by atoms with van der Waals surface area (Å²) in [5.74, 6) is 2.72. The van der Waals surface area contributed by atoms with Crippen LogP contribution in [-0.4, -0.2) is 17.7 Å². The minimum absolute atomic E-state index is 0.274. The van der Waals surface area contributed by atoms with E-state index in [1.807, 2.05) is 0 Å². The Balaban J connectivity index is 0.000000325. The van der Waals surface area contributed by atoms with Crippen molar-refractivity contribution in [3.05, 3.63) is 0 Å². The smallest absolute Gasteiger partial charge is 0.320 e. The van der Waals surface area contributed by atoms with Gasteiger partial charge in [0.15, 0.2) is 0 Å². The lowest BCUT2D eigenvalue weighted by Gasteiger charge is -2.28. The van der Waals surface area contributed by atoms with Gasteiger partial charge in [0, 0.05) is 26.7 Å². The van der Waals surface area contributed by atoms with Crippen LogP contribution in [-0.2, 0) is 19.1 Å². The van der Waals surface area contributed by atoms with Gasteiger partial charge in [-0.3, -0.25) is 9.59 Å². The van der Waals surface area contributed by atoms with E-state index in [0.717, 1.165) is 0 Å². The highest BCUT2D eigenvalue weighted by Crippen LogP contribution is 2.18. The first kappa shape index (κ1) is 14.1. The van der Waals surface area contributed by atoms with Gasteiger partial charge in [0.25, 0.3) is 5.79 Å². The van der Waals surface area contributed by atoms with Gasteiger partial charge in [-0.1, -0.05) is 0 Å². The van der Waals surface area contributed by atoms with Crippen LogP contribution in [0.1, 0.15) is 33.1 Å². The molecule has 0 spiro atoms. The minimum atomic E-state index is -1.08. The zero-order valence-electron chi connectivity index (χ0n) is 9.41. The molecule has 16 heavy (non-hydrogen) atoms. The highest BCUT2D eigenvalue weighted by molar-refractivity contribution is 5.92. The second-order valence-electron chi connectivity index (χ2n) is 3.43. The second kappa shape index (κ2) is 6.53. The molecule has 1 aliphatic heterocycles. The fraction of sp³-hybridized carbons (Fsp3) is 0.500. The average Bonchev–Trinajstić information content (AvgIpc) is 2.11. The maximum absolute atomic E-state index is 10.6. The van der Waals surface area contributed by atoms with Crippen LogP contribution in [0.4, 0.5) is 0 Å². The van der Waals surface area contributed by atoms with Gasteiger partial charge in [0.05, 0.1) is 0 Å². The standard InChI is InChI=1S/C6H8O4.C6H6/c1-6(2)9-4(7)3-5(8)10-6;1-3-5-6-4-2/h3H2,1-2H3;1-2H,5-6H2. The topological polar surface area (TPSA) is 52.6 Å². The minimum Gasteiger partial charge on any atom is -0.423 e. The van der Waals surface area contributed by atoms with Gasteiger partial charge < -0.3 is 9.47 Å². The SMILES string of the molecule is C#CCCC#C.CC1(C)OC(=O)CC(=O)O1. The van der Waals surface area contributed by atoms with Crippen molar-refractivity contribution in [3.8, 4) is 24.7 Å². The van der Waals surface area contributed by atoms with Crippen molar-refractivity contribution < 1.29 is 19.1 Å². The van der Waals surface area contributed by atoms with Crippen LogP contribution in [0.2, 0.25) is 0 Å². The van der Waals surface area contributed by atoms with Crippen molar-refractivity contribution in [2.24, 2.45) is 0 Å². The molecule has 0 unspecified atom stereocenters. The second-order valence-corrected chi connectivity index (χ2v) is 3.43. The van der Waals surface area contributed by atoms with E-state index in [0.29, 0.717) is 12.8 Å². The van der Waals surface area contributed by atoms with Crippen LogP contribution in [0.25, 0.3) is 0 Å². The molecule has 0 aromatic rings. The van der Waals surface area contributed by atoms with Gasteiger partial charge in [0.1, 0.15) is 6.42 Å². The molecule has 0 N–H and O–H groups in total. The first-order valence-corrected chi connectivity index (χ1v) is 4.72. The number of cyclic esters (lactones) is 2. The van der Waals surface area contributed by atoms with Crippen molar-refractivity contribution in [3.63, 3.8) is 0 Å². The molecular weight excluding hydrogens is 208 g/mol. The van der Waals surface area contributed by atoms with Crippen molar-refractivity contribution >= 4 is 11.9 Å². The average molecular weight is 222 g/mol. The summed E-state index contributed by atoms with van der Waals surface area (Å²) in [7, 11) is 0. The number of carbonyl (C=O) groups is 2. The van der Waals surface area contributed by atoms with Crippen LogP contribution in [0, 0.1) is 24.7 Å². The predicted molar refractivity (Wildman–Crippen MR) is 57.8 cm³/mol. The first-order chi connectivity index (χ1) is 7.41. The lowest BCUT2D eigenvalue weighted by molar-refractivity contribution is -0.231. The number of hydrogen-bond donors (Lipinski definition) is 0. The van der Waals surface area contributed by atoms with E-state index in [9.17, 15) is 9.59 Å². The molecule has 4 nitrogen and oxygen atoms in total. The normalized spacial score (nSPS) is 16.8. The maximum Gasteiger partial charge on any atom is 0.320 e. The summed E-state index contributed by atoms with van der Waals surface area (Å²) >= 11 is 0. The summed E-state index contributed by atoms with van der Waals surface area (Å²) in [6.07, 6.45) is 10.9. The van der Waals surface area contributed by atoms with Crippen molar-refractivity contribution in [2.75, 3.05) is 0 Å². The van der Waals surface area contributed by atoms with Crippen LogP contribution in [0.3, 0.4) is 0 Å². The molecule has 1 heterocycles. The zero-order valence-corrected chi connectivity index (χ0v) is 9.41. The van der Waals surface area contributed by atoms with Crippen LogP contribution in [0.15, 0.2) is 0 Å². The van der Waals surface area contributed by atoms with Crippen LogP contribution >= 0.6 is 0 Å². The summed E-state index contributed by atoms with van der Waals surface area (Å²) in [6.45, 7) is 3.03. The van der Waals surface area contributed by atoms with E-state index in [-0.39, 0.29) is 6.42 Å². The number of carbonyl (C=O) groups excluding carboxylic acids is 2. The Morgan fingerprint density at radius 2 is 1.50 bits per heavy atom. The van der Waals surface area contributed by atoms with Crippen molar-refractivity contribution in [2.45, 2.75) is 38.9 Å². The molecule has 0 radical (unpaired) electrons. The third-order valence-corrected chi connectivity index (χ3v) is 1.42. The van der Waals surface area contributed by atoms with E-state index in [4.69, 9.17) is 12.8 Å². The van der Waals surface area contributed by atoms with E-state index >= 15 is 0 Å². The van der Waals surface area contributed by atoms with E-state index < -0.39 is 17.7 Å². The number of hydrogen-bond acceptors (Lipinski definition) is 4. The summed E-state index contributed by atoms with van der Waals surface area (Å²) in [5.41, 5.74) is 0. The monoisotopic (exact) mass is 222 g/mol. The van der Waals surface area contributed by atoms with Gasteiger partial charge in [0.2, 0.25) is 0 Å². The molecule has 86 valence electrons. The Hall–Kier alpha value is -1.94. The summed E-state index contributed by atoms with van der Waals surface area (Å²) in [6, 6.07) is 0. The van der Waals surface area contributed by atoms with Gasteiger partial charge in [-0.05, 0) is 0 Å². The Kier molecular flexibility index (Phi) is 5.74. The molecule has 0 aliphatic carbocycles. The Labute approximate surface area is 95.3 Å². The number of esters is 2. The summed E-state index contributed by atoms with van der Waals surface area (Å²) in [5, 5.41) is 0. The molecule has 0 atom stereocenters. The fourth-order valence-corrected chi connectivity index (χ4v) is 0.903. The van der Waals surface area contributed by atoms with Gasteiger partial charge in [-0.25, -0.2) is 0 Å². The fourth-order valence-electron chi connectivity index (χ4n) is 0.903. The third kappa shape index (κ3) is 6.50. The molecule has 1 saturated heterocycles. The van der Waals surface area contributed by atoms with Gasteiger partial charge in [-0.15, -0.1) is 24.7 Å². The highest BCUT2D eigenvalue weighted by atomic mass is 16.7. The molecule has 1 rings (SSSR count). The molecule has 0 aromatic carbocycles. The van der Waals surface area contributed by atoms with Crippen molar-refractivity contribution in [1.82, 2.24) is 0 Å². The number of terminal acetylenes is 2. The Morgan fingerprint density at radius 3 is 1.75 bits per heavy atom. The Bertz CT molecular complexity index is 309. The number of ether oxygens (including phenoxy) is 2. The molecule has 1 aliphatic rings. The van der Waals surface area contributed by atoms with Gasteiger partial charge in [-0.2, -0.15) is 0 Å². The molecule has 0 aromatic heterocycles. The van der Waals surface area contributed by atoms with Crippen LogP contribution < -0.4 is 0 Å². The lowest BCUT2D eigenvalue weighted by atomic mass is 10.3. The molecule has 0 bridgehead atoms. The molecular formula is C12H14O4. The van der Waals surface area contributed by atoms with Crippen molar-refractivity contribution in [1.29, 1.82) is 0 Å². The lowest BCUT2D eigenvalue weighted by Crippen LogP contribution is -2.39. The Morgan fingerprint density at radius 1 is 1.12 bits per heavy atom. The highest BCUT2D eigenvalue weighted by Gasteiger charge is 2.34. The first-order valence-electron chi connectivity index (χ1n) is 4.72. The quantitative estimate of drug-likeness (QED) is 0.290. The van der Waals surface area contributed by atoms with E-state index in [2.05, 4.69) is 21.3 Å². The zero-order chi connectivity index (χ0) is 12.6. The molecule has 0 saturated carbocycles. The molecule has 0 amide bonds. The largest absolute Gasteiger partial charge is 0.423 e. The van der Waals surface area contributed by atoms with Crippen LogP contribution in [0.5, 0.6) is 0 Å². The molecule has 4 heteroatoms. The third-order valence-electron chi connectivity index (χ3n) is 1.42. The molecule has 1 fully saturated rings. The summed E-state index contributed by atoms with van der Waals surface area (Å²) in [4.78, 5) is 21.1. The number of unbranched alkanes of at least 4 members (excludes halogenated alkanes) is 1. The maximum atomic E-state index is 10.6. The predicted octanol–water partition coefficient (Wildman–Crippen LogP) is 1.25. The number of rotatable bonds is 1. The van der Waals surface area contributed by atoms with E-state index in [1.165, 1.54) is 13.8 Å². The van der Waals surface area contributed by atoms with Gasteiger partial charge >= 0.3 is 11.9 Å². The van der Waals surface area contributed by atoms with E-state index in [1.54, 1.807) is 0 Å².